The molecular formula is C25H21FN4O4. The molecule has 0 bridgehead atoms. The molecule has 0 aliphatic carbocycles. The zero-order chi connectivity index (χ0) is 24.0. The summed E-state index contributed by atoms with van der Waals surface area (Å²) in [5.74, 6) is -0.593. The molecule has 2 heterocycles. The summed E-state index contributed by atoms with van der Waals surface area (Å²) in [4.78, 5) is 33.6. The molecular weight excluding hydrogens is 439 g/mol. The van der Waals surface area contributed by atoms with E-state index in [2.05, 4.69) is 20.0 Å². The summed E-state index contributed by atoms with van der Waals surface area (Å²) in [6, 6.07) is 16.2. The van der Waals surface area contributed by atoms with Crippen LogP contribution in [-0.4, -0.2) is 34.2 Å². The van der Waals surface area contributed by atoms with Crippen molar-refractivity contribution < 1.29 is 23.8 Å². The number of ether oxygens (including phenoxy) is 1. The van der Waals surface area contributed by atoms with Gasteiger partial charge in [0, 0.05) is 22.4 Å². The maximum atomic E-state index is 14.2. The van der Waals surface area contributed by atoms with Crippen molar-refractivity contribution in [3.05, 3.63) is 88.7 Å². The molecule has 2 amide bonds. The highest BCUT2D eigenvalue weighted by atomic mass is 19.1. The van der Waals surface area contributed by atoms with Gasteiger partial charge in [0.05, 0.1) is 18.1 Å². The number of benzene rings is 3. The average molecular weight is 460 g/mol. The van der Waals surface area contributed by atoms with Crippen LogP contribution in [0.5, 0.6) is 0 Å². The van der Waals surface area contributed by atoms with E-state index < -0.39 is 17.7 Å². The van der Waals surface area contributed by atoms with Crippen molar-refractivity contribution in [2.24, 2.45) is 0 Å². The first-order valence-corrected chi connectivity index (χ1v) is 10.7. The number of carbonyl (C=O) groups is 2. The molecule has 3 N–H and O–H groups in total. The monoisotopic (exact) mass is 460 g/mol. The number of methoxy groups -OCH3 is 1. The zero-order valence-corrected chi connectivity index (χ0v) is 18.4. The van der Waals surface area contributed by atoms with Crippen LogP contribution in [0.1, 0.15) is 34.0 Å². The Morgan fingerprint density at radius 1 is 1.21 bits per heavy atom. The first-order valence-electron chi connectivity index (χ1n) is 10.7. The Hall–Kier alpha value is -4.24. The van der Waals surface area contributed by atoms with Gasteiger partial charge >= 0.3 is 6.09 Å². The van der Waals surface area contributed by atoms with Gasteiger partial charge in [0.25, 0.3) is 5.91 Å². The predicted octanol–water partition coefficient (Wildman–Crippen LogP) is 4.30. The Bertz CT molecular complexity index is 1450. The van der Waals surface area contributed by atoms with Crippen LogP contribution in [0, 0.1) is 5.82 Å². The summed E-state index contributed by atoms with van der Waals surface area (Å²) in [6.45, 7) is 1.82. The van der Waals surface area contributed by atoms with Gasteiger partial charge in [-0.2, -0.15) is 0 Å². The van der Waals surface area contributed by atoms with Gasteiger partial charge in [0.15, 0.2) is 5.72 Å². The van der Waals surface area contributed by atoms with Gasteiger partial charge in [0.1, 0.15) is 5.82 Å². The van der Waals surface area contributed by atoms with E-state index in [1.165, 1.54) is 24.1 Å². The smallest absolute Gasteiger partial charge is 0.413 e. The number of aromatic nitrogens is 2. The van der Waals surface area contributed by atoms with E-state index in [1.807, 2.05) is 6.92 Å². The minimum atomic E-state index is -1.86. The highest BCUT2D eigenvalue weighted by Crippen LogP contribution is 2.45. The molecule has 9 heteroatoms. The van der Waals surface area contributed by atoms with Crippen molar-refractivity contribution in [3.8, 4) is 0 Å². The molecule has 0 spiro atoms. The van der Waals surface area contributed by atoms with Crippen LogP contribution >= 0.6 is 0 Å². The number of halogens is 1. The van der Waals surface area contributed by atoms with E-state index in [0.29, 0.717) is 45.4 Å². The lowest BCUT2D eigenvalue weighted by Crippen LogP contribution is -2.45. The number of nitrogens with zero attached hydrogens (tertiary/aromatic N) is 2. The fourth-order valence-corrected chi connectivity index (χ4v) is 4.35. The summed E-state index contributed by atoms with van der Waals surface area (Å²) in [5, 5.41) is 14.6. The van der Waals surface area contributed by atoms with Crippen LogP contribution < -0.4 is 10.2 Å². The number of hydrogen-bond donors (Lipinski definition) is 3. The molecule has 1 atom stereocenters. The Morgan fingerprint density at radius 2 is 2.00 bits per heavy atom. The second-order valence-electron chi connectivity index (χ2n) is 7.92. The van der Waals surface area contributed by atoms with E-state index in [0.717, 1.165) is 0 Å². The van der Waals surface area contributed by atoms with Crippen molar-refractivity contribution in [3.63, 3.8) is 0 Å². The van der Waals surface area contributed by atoms with E-state index in [9.17, 15) is 19.1 Å². The Labute approximate surface area is 194 Å². The Morgan fingerprint density at radius 3 is 2.76 bits per heavy atom. The number of aryl methyl sites for hydroxylation is 1. The van der Waals surface area contributed by atoms with Crippen LogP contribution in [0.4, 0.5) is 20.8 Å². The zero-order valence-electron chi connectivity index (χ0n) is 18.4. The van der Waals surface area contributed by atoms with Crippen molar-refractivity contribution in [2.45, 2.75) is 19.1 Å². The summed E-state index contributed by atoms with van der Waals surface area (Å²) in [5.41, 5.74) is 1.19. The van der Waals surface area contributed by atoms with Gasteiger partial charge in [-0.1, -0.05) is 31.2 Å². The first kappa shape index (κ1) is 21.6. The number of anilines is 2. The van der Waals surface area contributed by atoms with Crippen LogP contribution in [0.15, 0.2) is 60.7 Å². The third kappa shape index (κ3) is 3.20. The van der Waals surface area contributed by atoms with E-state index in [1.54, 1.807) is 48.5 Å². The molecule has 0 fully saturated rings. The molecule has 4 aromatic rings. The second kappa shape index (κ2) is 7.96. The number of amides is 2. The topological polar surface area (TPSA) is 108 Å². The number of H-pyrrole nitrogens is 1. The van der Waals surface area contributed by atoms with Crippen molar-refractivity contribution in [1.82, 2.24) is 9.97 Å². The first-order chi connectivity index (χ1) is 16.4. The third-order valence-corrected chi connectivity index (χ3v) is 6.02. The van der Waals surface area contributed by atoms with Gasteiger partial charge in [-0.05, 0) is 48.4 Å². The second-order valence-corrected chi connectivity index (χ2v) is 7.92. The lowest BCUT2D eigenvalue weighted by atomic mass is 9.93. The van der Waals surface area contributed by atoms with Crippen molar-refractivity contribution >= 4 is 34.7 Å². The summed E-state index contributed by atoms with van der Waals surface area (Å²) < 4.78 is 18.8. The average Bonchev–Trinajstić information content (AvgIpc) is 3.35. The molecule has 0 radical (unpaired) electrons. The van der Waals surface area contributed by atoms with Crippen LogP contribution in [0.2, 0.25) is 0 Å². The van der Waals surface area contributed by atoms with Crippen molar-refractivity contribution in [2.75, 3.05) is 17.3 Å². The summed E-state index contributed by atoms with van der Waals surface area (Å²) in [6.07, 6.45) is -0.245. The van der Waals surface area contributed by atoms with E-state index in [-0.39, 0.29) is 11.8 Å². The molecule has 1 unspecified atom stereocenters. The maximum Gasteiger partial charge on any atom is 0.413 e. The molecule has 0 saturated carbocycles. The standard InChI is InChI=1S/C25H21FN4O4/c1-3-14-12-16(9-10-19(14)26)30-22(31)17-6-4-5-7-18(17)25(30,33)15-8-11-20-21(13-15)28-23(27-20)29-24(32)34-2/h4-13,33H,3H2,1-2H3,(H2,27,28,29,32). The van der Waals surface area contributed by atoms with Gasteiger partial charge in [-0.25, -0.2) is 14.2 Å². The molecule has 1 aliphatic rings. The lowest BCUT2D eigenvalue weighted by molar-refractivity contribution is 0.0704. The number of imidazole rings is 1. The summed E-state index contributed by atoms with van der Waals surface area (Å²) >= 11 is 0. The highest BCUT2D eigenvalue weighted by molar-refractivity contribution is 6.12. The summed E-state index contributed by atoms with van der Waals surface area (Å²) in [7, 11) is 1.24. The molecule has 5 rings (SSSR count). The number of rotatable bonds is 4. The van der Waals surface area contributed by atoms with E-state index in [4.69, 9.17) is 0 Å². The molecule has 34 heavy (non-hydrogen) atoms. The van der Waals surface area contributed by atoms with Gasteiger partial charge in [-0.15, -0.1) is 0 Å². The third-order valence-electron chi connectivity index (χ3n) is 6.02. The van der Waals surface area contributed by atoms with Crippen LogP contribution in [0.3, 0.4) is 0 Å². The molecule has 0 saturated heterocycles. The fourth-order valence-electron chi connectivity index (χ4n) is 4.35. The van der Waals surface area contributed by atoms with Gasteiger partial charge in [0.2, 0.25) is 5.95 Å². The van der Waals surface area contributed by atoms with E-state index >= 15 is 0 Å². The normalized spacial score (nSPS) is 17.2. The maximum absolute atomic E-state index is 14.2. The number of nitrogens with one attached hydrogen (secondary N) is 2. The van der Waals surface area contributed by atoms with Gasteiger partial charge < -0.3 is 14.8 Å². The highest BCUT2D eigenvalue weighted by Gasteiger charge is 2.50. The molecule has 1 aliphatic heterocycles. The largest absolute Gasteiger partial charge is 0.453 e. The lowest BCUT2D eigenvalue weighted by Gasteiger charge is -2.35. The minimum Gasteiger partial charge on any atom is -0.453 e. The number of fused-ring (bicyclic) bond motifs is 2. The molecule has 8 nitrogen and oxygen atoms in total. The number of hydrogen-bond acceptors (Lipinski definition) is 5. The quantitative estimate of drug-likeness (QED) is 0.421. The molecule has 1 aromatic heterocycles. The van der Waals surface area contributed by atoms with Crippen LogP contribution in [0.25, 0.3) is 11.0 Å². The fraction of sp³-hybridized carbons (Fsp3) is 0.160. The van der Waals surface area contributed by atoms with Crippen molar-refractivity contribution in [1.29, 1.82) is 0 Å². The Balaban J connectivity index is 1.68. The number of carbonyl (C=O) groups excluding carboxylic acids is 2. The SMILES string of the molecule is CCc1cc(N2C(=O)c3ccccc3C2(O)c2ccc3nc(NC(=O)OC)[nH]c3c2)ccc1F. The number of aromatic amines is 1. The molecule has 172 valence electrons. The number of aliphatic hydroxyl groups is 1. The van der Waals surface area contributed by atoms with Crippen LogP contribution in [-0.2, 0) is 16.9 Å². The predicted molar refractivity (Wildman–Crippen MR) is 124 cm³/mol. The van der Waals surface area contributed by atoms with Gasteiger partial charge in [-0.3, -0.25) is 15.0 Å². The minimum absolute atomic E-state index is 0.178. The Kier molecular flexibility index (Phi) is 5.06. The molecule has 3 aromatic carbocycles.